The number of esters is 1. The van der Waals surface area contributed by atoms with Crippen molar-refractivity contribution in [2.45, 2.75) is 50.9 Å². The fraction of sp³-hybridized carbons (Fsp3) is 0.455. The van der Waals surface area contributed by atoms with Crippen molar-refractivity contribution in [1.82, 2.24) is 14.9 Å². The smallest absolute Gasteiger partial charge is 0.310 e. The van der Waals surface area contributed by atoms with Gasteiger partial charge in [0, 0.05) is 49.3 Å². The molecule has 2 aromatic carbocycles. The number of thioether (sulfide) groups is 1. The van der Waals surface area contributed by atoms with Crippen LogP contribution in [0, 0.1) is 19.8 Å². The predicted molar refractivity (Wildman–Crippen MR) is 169 cm³/mol. The summed E-state index contributed by atoms with van der Waals surface area (Å²) < 4.78 is 16.0. The van der Waals surface area contributed by atoms with Crippen LogP contribution in [-0.4, -0.2) is 74.3 Å². The zero-order valence-electron chi connectivity index (χ0n) is 26.0. The summed E-state index contributed by atoms with van der Waals surface area (Å²) >= 11 is 1.58. The highest BCUT2D eigenvalue weighted by molar-refractivity contribution is 7.98. The molecule has 0 aliphatic carbocycles. The summed E-state index contributed by atoms with van der Waals surface area (Å²) in [6, 6.07) is 13.7. The third-order valence-corrected chi connectivity index (χ3v) is 8.70. The zero-order valence-corrected chi connectivity index (χ0v) is 26.8. The number of likely N-dealkylation sites (tertiary alicyclic amines) is 1. The fourth-order valence-electron chi connectivity index (χ4n) is 5.15. The molecule has 9 nitrogen and oxygen atoms in total. The molecule has 1 atom stereocenters. The van der Waals surface area contributed by atoms with Crippen LogP contribution < -0.4 is 14.4 Å². The van der Waals surface area contributed by atoms with Crippen LogP contribution in [0.5, 0.6) is 11.5 Å². The molecule has 0 radical (unpaired) electrons. The van der Waals surface area contributed by atoms with Gasteiger partial charge in [-0.3, -0.25) is 9.59 Å². The lowest BCUT2D eigenvalue weighted by molar-refractivity contribution is -0.149. The molecule has 1 aromatic heterocycles. The Labute approximate surface area is 258 Å². The number of ether oxygens (including phenoxy) is 3. The van der Waals surface area contributed by atoms with Crippen LogP contribution in [0.1, 0.15) is 52.5 Å². The summed E-state index contributed by atoms with van der Waals surface area (Å²) in [6.07, 6.45) is 2.38. The first-order valence-electron chi connectivity index (χ1n) is 14.7. The molecule has 0 bridgehead atoms. The average molecular weight is 607 g/mol. The first kappa shape index (κ1) is 32.1. The Morgan fingerprint density at radius 2 is 1.74 bits per heavy atom. The predicted octanol–water partition coefficient (Wildman–Crippen LogP) is 5.50. The molecule has 0 spiro atoms. The Morgan fingerprint density at radius 1 is 1.02 bits per heavy atom. The summed E-state index contributed by atoms with van der Waals surface area (Å²) in [4.78, 5) is 38.9. The standard InChI is InChI=1S/C33H42N4O5S/c1-7-42-32(39)27-9-8-17-37(20-27)31(38)26-13-10-25(11-14-26)21-43-33-34-23(3)22(2)30(35-33)36(4)18-16-24-12-15-28(40-5)29(19-24)41-6/h10-15,19,27H,7-9,16-18,20-21H2,1-6H3/t27-/m0/s1. The van der Waals surface area contributed by atoms with E-state index in [2.05, 4.69) is 24.9 Å². The van der Waals surface area contributed by atoms with E-state index in [0.29, 0.717) is 31.0 Å². The highest BCUT2D eigenvalue weighted by Crippen LogP contribution is 2.29. The summed E-state index contributed by atoms with van der Waals surface area (Å²) in [5.41, 5.74) is 4.87. The van der Waals surface area contributed by atoms with Crippen LogP contribution in [0.15, 0.2) is 47.6 Å². The average Bonchev–Trinajstić information content (AvgIpc) is 3.03. The SMILES string of the molecule is CCOC(=O)[C@H]1CCCN(C(=O)c2ccc(CSc3nc(C)c(C)c(N(C)CCc4ccc(OC)c(OC)c4)n3)cc2)C1. The minimum atomic E-state index is -0.249. The number of hydrogen-bond donors (Lipinski definition) is 0. The summed E-state index contributed by atoms with van der Waals surface area (Å²) in [7, 11) is 5.34. The Hall–Kier alpha value is -3.79. The Balaban J connectivity index is 1.36. The largest absolute Gasteiger partial charge is 0.493 e. The molecule has 3 aromatic rings. The third-order valence-electron chi connectivity index (χ3n) is 7.79. The van der Waals surface area contributed by atoms with Crippen molar-refractivity contribution in [1.29, 1.82) is 0 Å². The van der Waals surface area contributed by atoms with E-state index in [-0.39, 0.29) is 17.8 Å². The van der Waals surface area contributed by atoms with Gasteiger partial charge in [0.1, 0.15) is 5.82 Å². The number of rotatable bonds is 12. The number of carbonyl (C=O) groups is 2. The van der Waals surface area contributed by atoms with E-state index in [4.69, 9.17) is 24.2 Å². The summed E-state index contributed by atoms with van der Waals surface area (Å²) in [6.45, 7) is 8.07. The van der Waals surface area contributed by atoms with Crippen LogP contribution >= 0.6 is 11.8 Å². The summed E-state index contributed by atoms with van der Waals surface area (Å²) in [5.74, 6) is 2.53. The van der Waals surface area contributed by atoms with Gasteiger partial charge in [-0.05, 0) is 75.4 Å². The van der Waals surface area contributed by atoms with Crippen LogP contribution in [0.3, 0.4) is 0 Å². The first-order valence-corrected chi connectivity index (χ1v) is 15.7. The number of aromatic nitrogens is 2. The van der Waals surface area contributed by atoms with Crippen molar-refractivity contribution in [2.24, 2.45) is 5.92 Å². The maximum atomic E-state index is 13.1. The van der Waals surface area contributed by atoms with E-state index < -0.39 is 0 Å². The second-order valence-electron chi connectivity index (χ2n) is 10.7. The first-order chi connectivity index (χ1) is 20.7. The second-order valence-corrected chi connectivity index (χ2v) is 11.7. The van der Waals surface area contributed by atoms with Crippen molar-refractivity contribution in [2.75, 3.05) is 52.4 Å². The minimum absolute atomic E-state index is 0.0496. The number of aryl methyl sites for hydroxylation is 1. The number of amides is 1. The molecule has 1 aliphatic rings. The van der Waals surface area contributed by atoms with E-state index in [1.54, 1.807) is 37.8 Å². The van der Waals surface area contributed by atoms with Gasteiger partial charge < -0.3 is 24.0 Å². The number of hydrogen-bond acceptors (Lipinski definition) is 9. The molecule has 1 aliphatic heterocycles. The number of carbonyl (C=O) groups excluding carboxylic acids is 2. The van der Waals surface area contributed by atoms with Crippen LogP contribution in [0.4, 0.5) is 5.82 Å². The van der Waals surface area contributed by atoms with Gasteiger partial charge in [-0.15, -0.1) is 0 Å². The molecule has 2 heterocycles. The van der Waals surface area contributed by atoms with Crippen molar-refractivity contribution in [3.05, 3.63) is 70.4 Å². The van der Waals surface area contributed by atoms with Gasteiger partial charge in [-0.25, -0.2) is 9.97 Å². The molecule has 1 fully saturated rings. The highest BCUT2D eigenvalue weighted by atomic mass is 32.2. The van der Waals surface area contributed by atoms with E-state index in [9.17, 15) is 9.59 Å². The van der Waals surface area contributed by atoms with Crippen molar-refractivity contribution < 1.29 is 23.8 Å². The van der Waals surface area contributed by atoms with E-state index in [1.807, 2.05) is 43.3 Å². The maximum absolute atomic E-state index is 13.1. The fourth-order valence-corrected chi connectivity index (χ4v) is 5.99. The van der Waals surface area contributed by atoms with E-state index in [0.717, 1.165) is 70.7 Å². The molecule has 0 unspecified atom stereocenters. The van der Waals surface area contributed by atoms with Gasteiger partial charge in [0.2, 0.25) is 0 Å². The number of piperidine rings is 1. The van der Waals surface area contributed by atoms with Gasteiger partial charge >= 0.3 is 5.97 Å². The van der Waals surface area contributed by atoms with Gasteiger partial charge in [-0.1, -0.05) is 30.0 Å². The number of methoxy groups -OCH3 is 2. The number of nitrogens with zero attached hydrogens (tertiary/aromatic N) is 4. The number of benzene rings is 2. The minimum Gasteiger partial charge on any atom is -0.493 e. The van der Waals surface area contributed by atoms with Crippen LogP contribution in [-0.2, 0) is 21.7 Å². The molecule has 0 saturated carbocycles. The number of likely N-dealkylation sites (N-methyl/N-ethyl adjacent to an activating group) is 1. The topological polar surface area (TPSA) is 94.1 Å². The van der Waals surface area contributed by atoms with E-state index in [1.165, 1.54) is 0 Å². The molecule has 10 heteroatoms. The third kappa shape index (κ3) is 8.19. The molecular formula is C33H42N4O5S. The lowest BCUT2D eigenvalue weighted by Gasteiger charge is -2.31. The molecule has 43 heavy (non-hydrogen) atoms. The highest BCUT2D eigenvalue weighted by Gasteiger charge is 2.29. The lowest BCUT2D eigenvalue weighted by atomic mass is 9.97. The monoisotopic (exact) mass is 606 g/mol. The molecule has 230 valence electrons. The molecule has 1 amide bonds. The Morgan fingerprint density at radius 3 is 2.44 bits per heavy atom. The van der Waals surface area contributed by atoms with Gasteiger partial charge in [0.05, 0.1) is 26.7 Å². The second kappa shape index (κ2) is 15.1. The Kier molecular flexibility index (Phi) is 11.3. The number of anilines is 1. The van der Waals surface area contributed by atoms with Crippen molar-refractivity contribution in [3.63, 3.8) is 0 Å². The quantitative estimate of drug-likeness (QED) is 0.151. The normalized spacial score (nSPS) is 14.7. The van der Waals surface area contributed by atoms with Gasteiger partial charge in [0.25, 0.3) is 5.91 Å². The van der Waals surface area contributed by atoms with Crippen LogP contribution in [0.25, 0.3) is 0 Å². The molecular weight excluding hydrogens is 564 g/mol. The maximum Gasteiger partial charge on any atom is 0.310 e. The van der Waals surface area contributed by atoms with Crippen LogP contribution in [0.2, 0.25) is 0 Å². The zero-order chi connectivity index (χ0) is 30.9. The van der Waals surface area contributed by atoms with Gasteiger partial charge in [-0.2, -0.15) is 0 Å². The van der Waals surface area contributed by atoms with Crippen molar-refractivity contribution in [3.8, 4) is 11.5 Å². The molecule has 1 saturated heterocycles. The molecule has 0 N–H and O–H groups in total. The Bertz CT molecular complexity index is 1420. The molecule has 4 rings (SSSR count). The van der Waals surface area contributed by atoms with E-state index >= 15 is 0 Å². The summed E-state index contributed by atoms with van der Waals surface area (Å²) in [5, 5.41) is 0.717. The van der Waals surface area contributed by atoms with Gasteiger partial charge in [0.15, 0.2) is 16.7 Å². The lowest BCUT2D eigenvalue weighted by Crippen LogP contribution is -2.42. The van der Waals surface area contributed by atoms with Crippen molar-refractivity contribution >= 4 is 29.5 Å².